The van der Waals surface area contributed by atoms with Gasteiger partial charge < -0.3 is 0 Å². The maximum atomic E-state index is 13.7. The Morgan fingerprint density at radius 3 is 0.786 bits per heavy atom. The quantitative estimate of drug-likeness (QED) is 0.307. The molecule has 0 unspecified atom stereocenters. The van der Waals surface area contributed by atoms with Crippen LogP contribution in [-0.4, -0.2) is 0 Å². The van der Waals surface area contributed by atoms with Gasteiger partial charge in [-0.25, -0.2) is 43.9 Å². The van der Waals surface area contributed by atoms with Crippen LogP contribution >= 0.6 is 0 Å². The van der Waals surface area contributed by atoms with Crippen LogP contribution in [0.15, 0.2) is 11.1 Å². The number of halogens is 10. The Hall–Kier alpha value is -2.78. The summed E-state index contributed by atoms with van der Waals surface area (Å²) in [6.07, 6.45) is 1.16. The lowest BCUT2D eigenvalue weighted by molar-refractivity contribution is 0.376. The third-order valence-corrected chi connectivity index (χ3v) is 4.20. The first-order valence-corrected chi connectivity index (χ1v) is 7.50. The summed E-state index contributed by atoms with van der Waals surface area (Å²) in [6.45, 7) is 0. The Morgan fingerprint density at radius 2 is 0.571 bits per heavy atom. The van der Waals surface area contributed by atoms with Crippen LogP contribution in [0.4, 0.5) is 43.9 Å². The highest BCUT2D eigenvalue weighted by atomic mass is 19.2. The number of allylic oxidation sites excluding steroid dienone is 2. The van der Waals surface area contributed by atoms with E-state index in [0.717, 1.165) is 0 Å². The first kappa shape index (κ1) is 20.0. The second-order valence-corrected chi connectivity index (χ2v) is 5.81. The molecule has 0 spiro atoms. The third kappa shape index (κ3) is 2.96. The molecule has 2 aromatic rings. The van der Waals surface area contributed by atoms with Crippen LogP contribution in [-0.2, 0) is 0 Å². The Labute approximate surface area is 150 Å². The molecule has 0 radical (unpaired) electrons. The molecule has 0 heterocycles. The predicted octanol–water partition coefficient (Wildman–Crippen LogP) is 6.34. The monoisotopic (exact) mass is 412 g/mol. The van der Waals surface area contributed by atoms with E-state index in [2.05, 4.69) is 0 Å². The average molecular weight is 412 g/mol. The van der Waals surface area contributed by atoms with E-state index in [0.29, 0.717) is 12.2 Å². The van der Waals surface area contributed by atoms with Gasteiger partial charge in [0.25, 0.3) is 0 Å². The molecule has 28 heavy (non-hydrogen) atoms. The van der Waals surface area contributed by atoms with E-state index in [-0.39, 0.29) is 24.0 Å². The summed E-state index contributed by atoms with van der Waals surface area (Å²) in [5.74, 6) is -21.9. The molecule has 0 N–H and O–H groups in total. The molecule has 1 aliphatic carbocycles. The lowest BCUT2D eigenvalue weighted by Gasteiger charge is -2.23. The molecule has 0 bridgehead atoms. The van der Waals surface area contributed by atoms with Crippen molar-refractivity contribution in [3.8, 4) is 0 Å². The van der Waals surface area contributed by atoms with E-state index in [1.807, 2.05) is 0 Å². The minimum Gasteiger partial charge on any atom is -0.203 e. The van der Waals surface area contributed by atoms with Gasteiger partial charge in [-0.1, -0.05) is 0 Å². The van der Waals surface area contributed by atoms with Gasteiger partial charge in [-0.3, -0.25) is 0 Å². The SMILES string of the molecule is Fc1c(F)c(F)c(/C=C2/CC/C2=C\c2c(F)c(F)c(F)c(F)c2F)c(F)c1F. The Kier molecular flexibility index (Phi) is 4.99. The molecule has 0 atom stereocenters. The van der Waals surface area contributed by atoms with Gasteiger partial charge in [-0.2, -0.15) is 0 Å². The zero-order valence-electron chi connectivity index (χ0n) is 13.3. The van der Waals surface area contributed by atoms with Crippen molar-refractivity contribution >= 4 is 12.2 Å². The van der Waals surface area contributed by atoms with Crippen molar-refractivity contribution in [1.29, 1.82) is 0 Å². The summed E-state index contributed by atoms with van der Waals surface area (Å²) in [6, 6.07) is 0. The summed E-state index contributed by atoms with van der Waals surface area (Å²) < 4.78 is 134. The second-order valence-electron chi connectivity index (χ2n) is 5.81. The number of benzene rings is 2. The van der Waals surface area contributed by atoms with Gasteiger partial charge in [0.15, 0.2) is 46.5 Å². The molecule has 2 aromatic carbocycles. The van der Waals surface area contributed by atoms with Gasteiger partial charge >= 0.3 is 0 Å². The number of hydrogen-bond acceptors (Lipinski definition) is 0. The molecule has 0 saturated heterocycles. The van der Waals surface area contributed by atoms with E-state index in [1.165, 1.54) is 0 Å². The van der Waals surface area contributed by atoms with Crippen molar-refractivity contribution in [1.82, 2.24) is 0 Å². The van der Waals surface area contributed by atoms with Crippen molar-refractivity contribution in [3.63, 3.8) is 0 Å². The number of hydrogen-bond donors (Lipinski definition) is 0. The number of rotatable bonds is 2. The molecule has 0 nitrogen and oxygen atoms in total. The van der Waals surface area contributed by atoms with Crippen molar-refractivity contribution in [2.24, 2.45) is 0 Å². The van der Waals surface area contributed by atoms with E-state index < -0.39 is 69.3 Å². The van der Waals surface area contributed by atoms with Gasteiger partial charge in [-0.05, 0) is 36.1 Å². The van der Waals surface area contributed by atoms with Gasteiger partial charge in [-0.15, -0.1) is 0 Å². The molecule has 0 amide bonds. The van der Waals surface area contributed by atoms with Crippen LogP contribution in [0.1, 0.15) is 24.0 Å². The highest BCUT2D eigenvalue weighted by Gasteiger charge is 2.28. The summed E-state index contributed by atoms with van der Waals surface area (Å²) in [7, 11) is 0. The van der Waals surface area contributed by atoms with Gasteiger partial charge in [0.05, 0.1) is 11.1 Å². The summed E-state index contributed by atoms with van der Waals surface area (Å²) >= 11 is 0. The van der Waals surface area contributed by atoms with Crippen molar-refractivity contribution in [2.75, 3.05) is 0 Å². The minimum atomic E-state index is -2.36. The van der Waals surface area contributed by atoms with E-state index in [4.69, 9.17) is 0 Å². The molecule has 10 heteroatoms. The first-order chi connectivity index (χ1) is 13.1. The van der Waals surface area contributed by atoms with Crippen LogP contribution in [0, 0.1) is 58.2 Å². The topological polar surface area (TPSA) is 0 Å². The maximum Gasteiger partial charge on any atom is 0.200 e. The highest BCUT2D eigenvalue weighted by Crippen LogP contribution is 2.38. The van der Waals surface area contributed by atoms with Crippen molar-refractivity contribution in [2.45, 2.75) is 12.8 Å². The van der Waals surface area contributed by atoms with Crippen molar-refractivity contribution in [3.05, 3.63) is 80.4 Å². The zero-order chi connectivity index (χ0) is 20.9. The molecule has 3 rings (SSSR count). The molecule has 1 aliphatic rings. The molecule has 0 aromatic heterocycles. The smallest absolute Gasteiger partial charge is 0.200 e. The third-order valence-electron chi connectivity index (χ3n) is 4.20. The van der Waals surface area contributed by atoms with Crippen LogP contribution in [0.5, 0.6) is 0 Å². The fourth-order valence-corrected chi connectivity index (χ4v) is 2.59. The molecule has 148 valence electrons. The Balaban J connectivity index is 2.11. The van der Waals surface area contributed by atoms with Crippen LogP contribution in [0.25, 0.3) is 12.2 Å². The lowest BCUT2D eigenvalue weighted by Crippen LogP contribution is -2.09. The van der Waals surface area contributed by atoms with E-state index >= 15 is 0 Å². The van der Waals surface area contributed by atoms with Gasteiger partial charge in [0, 0.05) is 0 Å². The molecule has 1 saturated carbocycles. The van der Waals surface area contributed by atoms with Crippen molar-refractivity contribution < 1.29 is 43.9 Å². The largest absolute Gasteiger partial charge is 0.203 e. The average Bonchev–Trinajstić information content (AvgIpc) is 2.66. The fourth-order valence-electron chi connectivity index (χ4n) is 2.59. The van der Waals surface area contributed by atoms with Gasteiger partial charge in [0.1, 0.15) is 0 Å². The summed E-state index contributed by atoms with van der Waals surface area (Å²) in [5, 5.41) is 0. The fraction of sp³-hybridized carbons (Fsp3) is 0.111. The summed E-state index contributed by atoms with van der Waals surface area (Å²) in [4.78, 5) is 0. The lowest BCUT2D eigenvalue weighted by atomic mass is 9.83. The molecule has 0 aliphatic heterocycles. The molecular weight excluding hydrogens is 406 g/mol. The highest BCUT2D eigenvalue weighted by molar-refractivity contribution is 5.70. The first-order valence-electron chi connectivity index (χ1n) is 7.50. The van der Waals surface area contributed by atoms with Crippen LogP contribution < -0.4 is 0 Å². The normalized spacial score (nSPS) is 16.8. The van der Waals surface area contributed by atoms with E-state index in [1.54, 1.807) is 0 Å². The Bertz CT molecular complexity index is 922. The molecular formula is C18H6F10. The van der Waals surface area contributed by atoms with Gasteiger partial charge in [0.2, 0.25) is 11.6 Å². The maximum absolute atomic E-state index is 13.7. The van der Waals surface area contributed by atoms with Crippen LogP contribution in [0.2, 0.25) is 0 Å². The minimum absolute atomic E-state index is 0.0146. The second kappa shape index (κ2) is 6.99. The summed E-state index contributed by atoms with van der Waals surface area (Å²) in [5.41, 5.74) is -2.75. The van der Waals surface area contributed by atoms with E-state index in [9.17, 15) is 43.9 Å². The Morgan fingerprint density at radius 1 is 0.357 bits per heavy atom. The predicted molar refractivity (Wildman–Crippen MR) is 77.7 cm³/mol. The van der Waals surface area contributed by atoms with Crippen LogP contribution in [0.3, 0.4) is 0 Å². The standard InChI is InChI=1S/C18H6F10/c19-9-7(10(20)14(24)17(27)13(9)23)3-5-1-2-6(5)4-8-11(21)15(25)18(28)16(26)12(8)22/h3-4H,1-2H2/b5-3-,6-4+. The molecule has 1 fully saturated rings. The zero-order valence-corrected chi connectivity index (χ0v) is 13.3.